The van der Waals surface area contributed by atoms with Crippen molar-refractivity contribution in [3.63, 3.8) is 0 Å². The van der Waals surface area contributed by atoms with Gasteiger partial charge in [0.2, 0.25) is 5.91 Å². The second-order valence-corrected chi connectivity index (χ2v) is 5.80. The molecule has 0 saturated heterocycles. The molecule has 2 rings (SSSR count). The third kappa shape index (κ3) is 3.52. The summed E-state index contributed by atoms with van der Waals surface area (Å²) in [5.41, 5.74) is 8.20. The molecule has 0 aromatic heterocycles. The van der Waals surface area contributed by atoms with E-state index in [2.05, 4.69) is 21.2 Å². The third-order valence-corrected chi connectivity index (χ3v) is 3.85. The fraction of sp³-hybridized carbons (Fsp3) is 0.133. The van der Waals surface area contributed by atoms with Gasteiger partial charge in [-0.2, -0.15) is 0 Å². The fourth-order valence-corrected chi connectivity index (χ4v) is 2.73. The van der Waals surface area contributed by atoms with Crippen molar-refractivity contribution >= 4 is 39.1 Å². The SMILES string of the molecule is Cc1ccc(C(Nc2ccc(Cl)cc2)C(N)=O)c(Br)c1. The van der Waals surface area contributed by atoms with Crippen molar-refractivity contribution in [2.45, 2.75) is 13.0 Å². The number of rotatable bonds is 4. The molecule has 0 fully saturated rings. The van der Waals surface area contributed by atoms with Gasteiger partial charge in [0.15, 0.2) is 0 Å². The van der Waals surface area contributed by atoms with E-state index in [1.807, 2.05) is 25.1 Å². The first-order chi connectivity index (χ1) is 9.47. The van der Waals surface area contributed by atoms with Gasteiger partial charge in [-0.05, 0) is 48.4 Å². The molecule has 2 aromatic rings. The van der Waals surface area contributed by atoms with Crippen LogP contribution >= 0.6 is 27.5 Å². The second kappa shape index (κ2) is 6.29. The predicted octanol–water partition coefficient (Wildman–Crippen LogP) is 4.05. The molecule has 0 radical (unpaired) electrons. The zero-order valence-electron chi connectivity index (χ0n) is 10.9. The Bertz CT molecular complexity index is 628. The van der Waals surface area contributed by atoms with Gasteiger partial charge >= 0.3 is 0 Å². The summed E-state index contributed by atoms with van der Waals surface area (Å²) >= 11 is 9.32. The van der Waals surface area contributed by atoms with Gasteiger partial charge in [0.25, 0.3) is 0 Å². The van der Waals surface area contributed by atoms with Gasteiger partial charge in [-0.25, -0.2) is 0 Å². The van der Waals surface area contributed by atoms with Gasteiger partial charge in [-0.15, -0.1) is 0 Å². The number of benzene rings is 2. The number of hydrogen-bond donors (Lipinski definition) is 2. The minimum absolute atomic E-state index is 0.440. The van der Waals surface area contributed by atoms with Crippen LogP contribution in [-0.4, -0.2) is 5.91 Å². The van der Waals surface area contributed by atoms with Crippen LogP contribution in [0.5, 0.6) is 0 Å². The summed E-state index contributed by atoms with van der Waals surface area (Å²) in [5, 5.41) is 3.76. The van der Waals surface area contributed by atoms with Crippen LogP contribution in [0.1, 0.15) is 17.2 Å². The molecule has 3 N–H and O–H groups in total. The highest BCUT2D eigenvalue weighted by Gasteiger charge is 2.20. The summed E-state index contributed by atoms with van der Waals surface area (Å²) in [4.78, 5) is 11.7. The Hall–Kier alpha value is -1.52. The molecule has 0 spiro atoms. The van der Waals surface area contributed by atoms with Crippen LogP contribution in [0.2, 0.25) is 5.02 Å². The van der Waals surface area contributed by atoms with Crippen molar-refractivity contribution in [3.8, 4) is 0 Å². The summed E-state index contributed by atoms with van der Waals surface area (Å²) in [6, 6.07) is 12.3. The number of nitrogens with one attached hydrogen (secondary N) is 1. The molecule has 0 bridgehead atoms. The number of aryl methyl sites for hydroxylation is 1. The predicted molar refractivity (Wildman–Crippen MR) is 85.9 cm³/mol. The highest BCUT2D eigenvalue weighted by Crippen LogP contribution is 2.28. The van der Waals surface area contributed by atoms with Crippen molar-refractivity contribution in [1.29, 1.82) is 0 Å². The number of amides is 1. The van der Waals surface area contributed by atoms with Crippen LogP contribution in [0, 0.1) is 6.92 Å². The Morgan fingerprint density at radius 3 is 2.45 bits per heavy atom. The zero-order chi connectivity index (χ0) is 14.7. The average Bonchev–Trinajstić information content (AvgIpc) is 2.39. The topological polar surface area (TPSA) is 55.1 Å². The molecule has 0 aliphatic heterocycles. The molecular weight excluding hydrogens is 340 g/mol. The highest BCUT2D eigenvalue weighted by atomic mass is 79.9. The maximum absolute atomic E-state index is 11.7. The Balaban J connectivity index is 2.31. The van der Waals surface area contributed by atoms with E-state index in [-0.39, 0.29) is 0 Å². The van der Waals surface area contributed by atoms with E-state index >= 15 is 0 Å². The van der Waals surface area contributed by atoms with Crippen molar-refractivity contribution in [2.24, 2.45) is 5.73 Å². The first-order valence-electron chi connectivity index (χ1n) is 6.05. The van der Waals surface area contributed by atoms with Gasteiger partial charge in [-0.3, -0.25) is 4.79 Å². The van der Waals surface area contributed by atoms with Crippen LogP contribution < -0.4 is 11.1 Å². The summed E-state index contributed by atoms with van der Waals surface area (Å²) in [6.07, 6.45) is 0. The van der Waals surface area contributed by atoms with Gasteiger partial charge in [-0.1, -0.05) is 39.7 Å². The maximum atomic E-state index is 11.7. The number of halogens is 2. The number of anilines is 1. The van der Waals surface area contributed by atoms with E-state index in [1.54, 1.807) is 24.3 Å². The first kappa shape index (κ1) is 14.9. The minimum Gasteiger partial charge on any atom is -0.370 e. The lowest BCUT2D eigenvalue weighted by atomic mass is 10.0. The van der Waals surface area contributed by atoms with Crippen LogP contribution in [-0.2, 0) is 4.79 Å². The summed E-state index contributed by atoms with van der Waals surface area (Å²) in [5.74, 6) is -0.440. The van der Waals surface area contributed by atoms with Crippen LogP contribution in [0.4, 0.5) is 5.69 Å². The summed E-state index contributed by atoms with van der Waals surface area (Å²) < 4.78 is 0.850. The molecule has 0 heterocycles. The van der Waals surface area contributed by atoms with Gasteiger partial charge in [0.05, 0.1) is 0 Å². The van der Waals surface area contributed by atoms with E-state index in [1.165, 1.54) is 0 Å². The van der Waals surface area contributed by atoms with E-state index in [9.17, 15) is 4.79 Å². The number of carbonyl (C=O) groups is 1. The molecule has 5 heteroatoms. The van der Waals surface area contributed by atoms with Crippen molar-refractivity contribution in [3.05, 3.63) is 63.1 Å². The van der Waals surface area contributed by atoms with Crippen LogP contribution in [0.15, 0.2) is 46.9 Å². The third-order valence-electron chi connectivity index (χ3n) is 2.91. The molecule has 0 aliphatic rings. The lowest BCUT2D eigenvalue weighted by molar-refractivity contribution is -0.118. The Morgan fingerprint density at radius 1 is 1.25 bits per heavy atom. The van der Waals surface area contributed by atoms with Gasteiger partial charge < -0.3 is 11.1 Å². The van der Waals surface area contributed by atoms with Crippen molar-refractivity contribution in [1.82, 2.24) is 0 Å². The van der Waals surface area contributed by atoms with E-state index < -0.39 is 11.9 Å². The molecule has 20 heavy (non-hydrogen) atoms. The number of primary amides is 1. The number of nitrogens with two attached hydrogens (primary N) is 1. The number of hydrogen-bond acceptors (Lipinski definition) is 2. The highest BCUT2D eigenvalue weighted by molar-refractivity contribution is 9.10. The molecule has 1 amide bonds. The lowest BCUT2D eigenvalue weighted by Gasteiger charge is -2.19. The quantitative estimate of drug-likeness (QED) is 0.871. The Kier molecular flexibility index (Phi) is 4.68. The summed E-state index contributed by atoms with van der Waals surface area (Å²) in [6.45, 7) is 1.99. The first-order valence-corrected chi connectivity index (χ1v) is 7.22. The van der Waals surface area contributed by atoms with E-state index in [0.29, 0.717) is 5.02 Å². The zero-order valence-corrected chi connectivity index (χ0v) is 13.2. The molecule has 3 nitrogen and oxygen atoms in total. The molecule has 1 atom stereocenters. The standard InChI is InChI=1S/C15H14BrClN2O/c1-9-2-7-12(13(16)8-9)14(15(18)20)19-11-5-3-10(17)4-6-11/h2-8,14,19H,1H3,(H2,18,20). The van der Waals surface area contributed by atoms with Crippen molar-refractivity contribution < 1.29 is 4.79 Å². The number of carbonyl (C=O) groups excluding carboxylic acids is 1. The second-order valence-electron chi connectivity index (χ2n) is 4.51. The molecule has 0 aliphatic carbocycles. The van der Waals surface area contributed by atoms with Crippen LogP contribution in [0.3, 0.4) is 0 Å². The largest absolute Gasteiger partial charge is 0.370 e. The average molecular weight is 354 g/mol. The lowest BCUT2D eigenvalue weighted by Crippen LogP contribution is -2.28. The fourth-order valence-electron chi connectivity index (χ4n) is 1.88. The molecule has 104 valence electrons. The van der Waals surface area contributed by atoms with Crippen molar-refractivity contribution in [2.75, 3.05) is 5.32 Å². The molecular formula is C15H14BrClN2O. The Labute approximate surface area is 131 Å². The van der Waals surface area contributed by atoms with E-state index in [4.69, 9.17) is 17.3 Å². The van der Waals surface area contributed by atoms with Gasteiger partial charge in [0.1, 0.15) is 6.04 Å². The van der Waals surface area contributed by atoms with E-state index in [0.717, 1.165) is 21.3 Å². The van der Waals surface area contributed by atoms with Gasteiger partial charge in [0, 0.05) is 15.2 Å². The summed E-state index contributed by atoms with van der Waals surface area (Å²) in [7, 11) is 0. The maximum Gasteiger partial charge on any atom is 0.244 e. The molecule has 2 aromatic carbocycles. The molecule has 1 unspecified atom stereocenters. The smallest absolute Gasteiger partial charge is 0.244 e. The monoisotopic (exact) mass is 352 g/mol. The van der Waals surface area contributed by atoms with Crippen LogP contribution in [0.25, 0.3) is 0 Å². The Morgan fingerprint density at radius 2 is 1.90 bits per heavy atom. The molecule has 0 saturated carbocycles. The minimum atomic E-state index is -0.605. The normalized spacial score (nSPS) is 11.9.